The lowest BCUT2D eigenvalue weighted by Gasteiger charge is -2.28. The molecule has 32 heavy (non-hydrogen) atoms. The Bertz CT molecular complexity index is 1120. The number of hydrogen-bond acceptors (Lipinski definition) is 3. The van der Waals surface area contributed by atoms with Crippen LogP contribution in [0.4, 0.5) is 22.7 Å². The van der Waals surface area contributed by atoms with Gasteiger partial charge in [-0.3, -0.25) is 9.98 Å². The molecule has 0 radical (unpaired) electrons. The van der Waals surface area contributed by atoms with Crippen LogP contribution in [0.1, 0.15) is 47.4 Å². The first-order valence-electron chi connectivity index (χ1n) is 11.3. The second-order valence-corrected chi connectivity index (χ2v) is 8.52. The Morgan fingerprint density at radius 3 is 2.19 bits per heavy atom. The highest BCUT2D eigenvalue weighted by molar-refractivity contribution is 5.81. The highest BCUT2D eigenvalue weighted by atomic mass is 15.1. The number of rotatable bonds is 7. The van der Waals surface area contributed by atoms with Gasteiger partial charge in [0.15, 0.2) is 0 Å². The second-order valence-electron chi connectivity index (χ2n) is 8.52. The zero-order chi connectivity index (χ0) is 22.5. The molecule has 3 nitrogen and oxygen atoms in total. The molecule has 0 bridgehead atoms. The van der Waals surface area contributed by atoms with Gasteiger partial charge in [0.2, 0.25) is 0 Å². The number of aliphatic imine (C=N–C) groups is 2. The van der Waals surface area contributed by atoms with Crippen molar-refractivity contribution < 1.29 is 0 Å². The molecular weight excluding hydrogens is 390 g/mol. The maximum absolute atomic E-state index is 4.25. The van der Waals surface area contributed by atoms with E-state index in [4.69, 9.17) is 0 Å². The zero-order valence-electron chi connectivity index (χ0n) is 19.1. The van der Waals surface area contributed by atoms with E-state index in [9.17, 15) is 0 Å². The van der Waals surface area contributed by atoms with Gasteiger partial charge in [-0.05, 0) is 99.1 Å². The quantitative estimate of drug-likeness (QED) is 0.279. The average molecular weight is 422 g/mol. The lowest BCUT2D eigenvalue weighted by molar-refractivity contribution is 0.654. The summed E-state index contributed by atoms with van der Waals surface area (Å²) in [4.78, 5) is 10.6. The maximum atomic E-state index is 4.25. The monoisotopic (exact) mass is 421 g/mol. The summed E-state index contributed by atoms with van der Waals surface area (Å²) in [6.45, 7) is 12.2. The van der Waals surface area contributed by atoms with Gasteiger partial charge in [-0.15, -0.1) is 0 Å². The first-order chi connectivity index (χ1) is 15.6. The summed E-state index contributed by atoms with van der Waals surface area (Å²) >= 11 is 0. The van der Waals surface area contributed by atoms with Crippen molar-refractivity contribution in [3.63, 3.8) is 0 Å². The Balaban J connectivity index is 1.79. The van der Waals surface area contributed by atoms with Gasteiger partial charge in [0, 0.05) is 17.3 Å². The molecule has 1 atom stereocenters. The Hall–Kier alpha value is -3.46. The van der Waals surface area contributed by atoms with E-state index >= 15 is 0 Å². The molecule has 3 heteroatoms. The van der Waals surface area contributed by atoms with Crippen LogP contribution >= 0.6 is 0 Å². The van der Waals surface area contributed by atoms with Gasteiger partial charge in [0.1, 0.15) is 0 Å². The van der Waals surface area contributed by atoms with E-state index in [0.29, 0.717) is 12.5 Å². The van der Waals surface area contributed by atoms with Crippen molar-refractivity contribution in [1.82, 2.24) is 0 Å². The highest BCUT2D eigenvalue weighted by Crippen LogP contribution is 2.40. The van der Waals surface area contributed by atoms with Crippen molar-refractivity contribution in [3.8, 4) is 0 Å². The average Bonchev–Trinajstić information content (AvgIpc) is 2.83. The predicted molar refractivity (Wildman–Crippen MR) is 139 cm³/mol. The molecule has 0 aromatic heterocycles. The van der Waals surface area contributed by atoms with Crippen LogP contribution in [0.3, 0.4) is 0 Å². The van der Waals surface area contributed by atoms with E-state index in [-0.39, 0.29) is 0 Å². The molecule has 1 aliphatic rings. The number of benzene rings is 3. The molecule has 0 saturated heterocycles. The minimum Gasteiger partial charge on any atom is -0.310 e. The van der Waals surface area contributed by atoms with E-state index in [1.54, 1.807) is 0 Å². The summed E-state index contributed by atoms with van der Waals surface area (Å²) in [5, 5.41) is 0. The number of hydrogen-bond donors (Lipinski definition) is 0. The summed E-state index contributed by atoms with van der Waals surface area (Å²) in [6, 6.07) is 21.9. The third-order valence-electron chi connectivity index (χ3n) is 6.25. The molecule has 1 unspecified atom stereocenters. The minimum absolute atomic E-state index is 0.523. The third kappa shape index (κ3) is 4.57. The van der Waals surface area contributed by atoms with E-state index < -0.39 is 0 Å². The van der Waals surface area contributed by atoms with Gasteiger partial charge in [0.05, 0.1) is 17.9 Å². The summed E-state index contributed by atoms with van der Waals surface area (Å²) in [7, 11) is 0. The van der Waals surface area contributed by atoms with Crippen LogP contribution < -0.4 is 4.90 Å². The largest absolute Gasteiger partial charge is 0.310 e. The van der Waals surface area contributed by atoms with Crippen LogP contribution in [0.5, 0.6) is 0 Å². The van der Waals surface area contributed by atoms with Crippen LogP contribution in [0, 0.1) is 13.8 Å². The Kier molecular flexibility index (Phi) is 6.65. The lowest BCUT2D eigenvalue weighted by atomic mass is 9.89. The second kappa shape index (κ2) is 9.78. The fourth-order valence-corrected chi connectivity index (χ4v) is 4.51. The molecule has 0 spiro atoms. The summed E-state index contributed by atoms with van der Waals surface area (Å²) in [5.74, 6) is 0.523. The van der Waals surface area contributed by atoms with Crippen LogP contribution in [0.25, 0.3) is 0 Å². The smallest absolute Gasteiger partial charge is 0.0672 e. The van der Waals surface area contributed by atoms with Crippen LogP contribution in [-0.2, 0) is 6.54 Å². The highest BCUT2D eigenvalue weighted by Gasteiger charge is 2.18. The molecule has 0 fully saturated rings. The van der Waals surface area contributed by atoms with Gasteiger partial charge in [-0.25, -0.2) is 0 Å². The van der Waals surface area contributed by atoms with E-state index in [1.165, 1.54) is 30.4 Å². The molecule has 1 aliphatic carbocycles. The molecule has 3 aromatic carbocycles. The molecule has 3 aromatic rings. The number of allylic oxidation sites excluding steroid dienone is 2. The summed E-state index contributed by atoms with van der Waals surface area (Å²) in [5.41, 5.74) is 9.11. The van der Waals surface area contributed by atoms with Gasteiger partial charge in [-0.1, -0.05) is 42.5 Å². The first-order valence-corrected chi connectivity index (χ1v) is 11.3. The van der Waals surface area contributed by atoms with Crippen LogP contribution in [-0.4, -0.2) is 13.4 Å². The minimum atomic E-state index is 0.523. The molecule has 162 valence electrons. The van der Waals surface area contributed by atoms with Crippen molar-refractivity contribution in [2.45, 2.75) is 45.6 Å². The van der Waals surface area contributed by atoms with Crippen molar-refractivity contribution in [2.75, 3.05) is 4.90 Å². The zero-order valence-corrected chi connectivity index (χ0v) is 19.1. The summed E-state index contributed by atoms with van der Waals surface area (Å²) < 4.78 is 0. The normalized spacial score (nSPS) is 15.4. The number of anilines is 3. The van der Waals surface area contributed by atoms with E-state index in [0.717, 1.165) is 33.9 Å². The first kappa shape index (κ1) is 21.8. The lowest BCUT2D eigenvalue weighted by Crippen LogP contribution is -2.12. The molecule has 0 amide bonds. The summed E-state index contributed by atoms with van der Waals surface area (Å²) in [6.07, 6.45) is 8.36. The molecule has 0 N–H and O–H groups in total. The molecule has 0 aliphatic heterocycles. The fourth-order valence-electron chi connectivity index (χ4n) is 4.51. The van der Waals surface area contributed by atoms with Crippen molar-refractivity contribution in [3.05, 3.63) is 95.1 Å². The van der Waals surface area contributed by atoms with Gasteiger partial charge in [-0.2, -0.15) is 0 Å². The predicted octanol–water partition coefficient (Wildman–Crippen LogP) is 8.13. The van der Waals surface area contributed by atoms with Gasteiger partial charge in [0.25, 0.3) is 0 Å². The van der Waals surface area contributed by atoms with E-state index in [2.05, 4.69) is 115 Å². The maximum Gasteiger partial charge on any atom is 0.0672 e. The Morgan fingerprint density at radius 1 is 0.906 bits per heavy atom. The Labute approximate surface area is 191 Å². The standard InChI is InChI=1S/C29H31N3/c1-21-18-22(2)29(19-28(21)31-4)32(26-14-10-23(11-15-26)20-30-3)27-16-12-25(13-17-27)24-8-6-5-7-9-24/h6,8,10-19,24H,3-5,7,9,20H2,1-2H3. The van der Waals surface area contributed by atoms with E-state index in [1.807, 2.05) is 0 Å². The molecular formula is C29H31N3. The van der Waals surface area contributed by atoms with Gasteiger partial charge < -0.3 is 4.90 Å². The number of nitrogens with zero attached hydrogens (tertiary/aromatic N) is 3. The van der Waals surface area contributed by atoms with Crippen molar-refractivity contribution >= 4 is 36.2 Å². The fraction of sp³-hybridized carbons (Fsp3) is 0.241. The SMILES string of the molecule is C=NCc1ccc(N(c2ccc(C3C=CCCC3)cc2)c2cc(N=C)c(C)cc2C)cc1. The topological polar surface area (TPSA) is 28.0 Å². The van der Waals surface area contributed by atoms with Crippen molar-refractivity contribution in [2.24, 2.45) is 9.98 Å². The van der Waals surface area contributed by atoms with Gasteiger partial charge >= 0.3 is 0 Å². The third-order valence-corrected chi connectivity index (χ3v) is 6.25. The van der Waals surface area contributed by atoms with Crippen LogP contribution in [0.2, 0.25) is 0 Å². The number of aryl methyl sites for hydroxylation is 2. The van der Waals surface area contributed by atoms with Crippen molar-refractivity contribution in [1.29, 1.82) is 0 Å². The Morgan fingerprint density at radius 2 is 1.59 bits per heavy atom. The van der Waals surface area contributed by atoms with Crippen LogP contribution in [0.15, 0.2) is 82.8 Å². The molecule has 0 heterocycles. The molecule has 0 saturated carbocycles. The molecule has 4 rings (SSSR count).